The van der Waals surface area contributed by atoms with E-state index in [1.54, 1.807) is 0 Å². The van der Waals surface area contributed by atoms with Crippen molar-refractivity contribution >= 4 is 43.6 Å². The van der Waals surface area contributed by atoms with E-state index in [1.165, 1.54) is 43.8 Å². The molecule has 0 amide bonds. The molecule has 3 aromatic heterocycles. The summed E-state index contributed by atoms with van der Waals surface area (Å²) >= 11 is 0. The molecule has 0 N–H and O–H groups in total. The number of rotatable bonds is 3. The van der Waals surface area contributed by atoms with Crippen LogP contribution in [0.25, 0.3) is 66.4 Å². The second-order valence-corrected chi connectivity index (χ2v) is 12.7. The molecule has 0 aliphatic heterocycles. The first-order chi connectivity index (χ1) is 22.2. The molecule has 0 saturated heterocycles. The molecule has 8 aromatic rings. The van der Waals surface area contributed by atoms with E-state index in [0.29, 0.717) is 11.4 Å². The first-order valence-electron chi connectivity index (χ1n) is 15.6. The van der Waals surface area contributed by atoms with Gasteiger partial charge in [0.2, 0.25) is 0 Å². The molecular weight excluding hydrogens is 562 g/mol. The monoisotopic (exact) mass is 595 g/mol. The van der Waals surface area contributed by atoms with E-state index < -0.39 is 0 Å². The average Bonchev–Trinajstić information content (AvgIpc) is 3.50. The van der Waals surface area contributed by atoms with Crippen LogP contribution < -0.4 is 0 Å². The van der Waals surface area contributed by atoms with E-state index in [0.717, 1.165) is 50.4 Å². The Kier molecular flexibility index (Phi) is 6.13. The molecule has 0 aliphatic rings. The third kappa shape index (κ3) is 4.22. The number of nitrogens with zero attached hydrogens (tertiary/aromatic N) is 5. The summed E-state index contributed by atoms with van der Waals surface area (Å²) in [5.41, 5.74) is 14.1. The minimum atomic E-state index is 0.534. The summed E-state index contributed by atoms with van der Waals surface area (Å²) in [6, 6.07) is 35.3. The van der Waals surface area contributed by atoms with Gasteiger partial charge < -0.3 is 9.13 Å². The van der Waals surface area contributed by atoms with E-state index in [1.807, 2.05) is 26.0 Å². The molecular formula is C41H33N5. The van der Waals surface area contributed by atoms with Gasteiger partial charge in [-0.3, -0.25) is 0 Å². The van der Waals surface area contributed by atoms with Gasteiger partial charge in [0.15, 0.2) is 5.82 Å². The molecule has 5 aromatic carbocycles. The number of aromatic nitrogens is 4. The van der Waals surface area contributed by atoms with Crippen LogP contribution in [0, 0.1) is 52.9 Å². The van der Waals surface area contributed by atoms with Gasteiger partial charge in [-0.05, 0) is 106 Å². The zero-order chi connectivity index (χ0) is 31.9. The molecule has 46 heavy (non-hydrogen) atoms. The Labute approximate surface area is 268 Å². The Hall–Kier alpha value is -5.73. The molecule has 0 fully saturated rings. The summed E-state index contributed by atoms with van der Waals surface area (Å²) in [4.78, 5) is 9.65. The van der Waals surface area contributed by atoms with Crippen molar-refractivity contribution in [2.45, 2.75) is 41.5 Å². The second kappa shape index (κ2) is 10.2. The van der Waals surface area contributed by atoms with E-state index >= 15 is 0 Å². The highest BCUT2D eigenvalue weighted by atomic mass is 15.1. The van der Waals surface area contributed by atoms with Crippen LogP contribution in [0.2, 0.25) is 0 Å². The maximum Gasteiger partial charge on any atom is 0.161 e. The van der Waals surface area contributed by atoms with E-state index in [2.05, 4.69) is 122 Å². The van der Waals surface area contributed by atoms with Gasteiger partial charge in [0.05, 0.1) is 45.1 Å². The number of hydrogen-bond donors (Lipinski definition) is 0. The first kappa shape index (κ1) is 27.8. The van der Waals surface area contributed by atoms with Gasteiger partial charge in [-0.2, -0.15) is 5.26 Å². The SMILES string of the molecule is Cc1ccc2c3ccc(C)cc3n(-c3cc(C#N)c(-c4nc(C)cc(C)n4)cc3-n3c4cc(C)ccc4c4ccc(C)cc43)c2c1. The zero-order valence-electron chi connectivity index (χ0n) is 26.9. The smallest absolute Gasteiger partial charge is 0.161 e. The lowest BCUT2D eigenvalue weighted by molar-refractivity contribution is 1.05. The molecule has 0 bridgehead atoms. The highest BCUT2D eigenvalue weighted by molar-refractivity contribution is 6.12. The summed E-state index contributed by atoms with van der Waals surface area (Å²) < 4.78 is 4.72. The highest BCUT2D eigenvalue weighted by Gasteiger charge is 2.23. The number of benzene rings is 5. The van der Waals surface area contributed by atoms with Crippen molar-refractivity contribution < 1.29 is 0 Å². The van der Waals surface area contributed by atoms with Gasteiger partial charge in [-0.1, -0.05) is 48.5 Å². The molecule has 5 heteroatoms. The zero-order valence-corrected chi connectivity index (χ0v) is 26.9. The van der Waals surface area contributed by atoms with Gasteiger partial charge in [0.1, 0.15) is 0 Å². The Balaban J connectivity index is 1.61. The number of hydrogen-bond acceptors (Lipinski definition) is 3. The van der Waals surface area contributed by atoms with Crippen molar-refractivity contribution in [3.63, 3.8) is 0 Å². The van der Waals surface area contributed by atoms with Crippen LogP contribution in [0.5, 0.6) is 0 Å². The van der Waals surface area contributed by atoms with Gasteiger partial charge in [-0.15, -0.1) is 0 Å². The molecule has 0 spiro atoms. The van der Waals surface area contributed by atoms with Crippen molar-refractivity contribution in [1.82, 2.24) is 19.1 Å². The fourth-order valence-corrected chi connectivity index (χ4v) is 7.06. The Morgan fingerprint density at radius 2 is 0.848 bits per heavy atom. The van der Waals surface area contributed by atoms with Gasteiger partial charge in [0.25, 0.3) is 0 Å². The topological polar surface area (TPSA) is 59.4 Å². The van der Waals surface area contributed by atoms with Crippen LogP contribution in [0.4, 0.5) is 0 Å². The third-order valence-electron chi connectivity index (χ3n) is 9.10. The van der Waals surface area contributed by atoms with Crippen molar-refractivity contribution in [2.75, 3.05) is 0 Å². The molecule has 222 valence electrons. The highest BCUT2D eigenvalue weighted by Crippen LogP contribution is 2.41. The second-order valence-electron chi connectivity index (χ2n) is 12.7. The van der Waals surface area contributed by atoms with Crippen LogP contribution in [0.1, 0.15) is 39.2 Å². The van der Waals surface area contributed by atoms with E-state index in [4.69, 9.17) is 9.97 Å². The Bertz CT molecular complexity index is 2470. The normalized spacial score (nSPS) is 11.7. The molecule has 0 saturated carbocycles. The standard InChI is InChI=1S/C41H33N5/c1-23-7-11-30-31-12-8-24(2)16-36(31)45(35(30)15-23)39-20-29(22-42)34(41-43-27(5)19-28(6)44-41)21-40(39)46-37-17-25(3)9-13-32(37)33-14-10-26(4)18-38(33)46/h7-21H,1-6H3. The average molecular weight is 596 g/mol. The molecule has 0 unspecified atom stereocenters. The van der Waals surface area contributed by atoms with Gasteiger partial charge in [0, 0.05) is 38.5 Å². The van der Waals surface area contributed by atoms with Crippen LogP contribution >= 0.6 is 0 Å². The first-order valence-corrected chi connectivity index (χ1v) is 15.6. The lowest BCUT2D eigenvalue weighted by atomic mass is 10.0. The van der Waals surface area contributed by atoms with Crippen molar-refractivity contribution in [3.05, 3.63) is 130 Å². The maximum absolute atomic E-state index is 10.7. The summed E-state index contributed by atoms with van der Waals surface area (Å²) in [5.74, 6) is 0.559. The maximum atomic E-state index is 10.7. The summed E-state index contributed by atoms with van der Waals surface area (Å²) in [6.07, 6.45) is 0. The molecule has 0 radical (unpaired) electrons. The number of aryl methyl sites for hydroxylation is 6. The van der Waals surface area contributed by atoms with Crippen molar-refractivity contribution in [2.24, 2.45) is 0 Å². The lowest BCUT2D eigenvalue weighted by Crippen LogP contribution is -2.07. The van der Waals surface area contributed by atoms with Crippen LogP contribution in [0.3, 0.4) is 0 Å². The van der Waals surface area contributed by atoms with Gasteiger partial charge in [-0.25, -0.2) is 9.97 Å². The largest absolute Gasteiger partial charge is 0.307 e. The quantitative estimate of drug-likeness (QED) is 0.204. The Morgan fingerprint density at radius 1 is 0.478 bits per heavy atom. The summed E-state index contributed by atoms with van der Waals surface area (Å²) in [7, 11) is 0. The number of fused-ring (bicyclic) bond motifs is 6. The van der Waals surface area contributed by atoms with Crippen LogP contribution in [-0.2, 0) is 0 Å². The minimum absolute atomic E-state index is 0.534. The lowest BCUT2D eigenvalue weighted by Gasteiger charge is -2.19. The van der Waals surface area contributed by atoms with Crippen LogP contribution in [0.15, 0.2) is 91.0 Å². The third-order valence-corrected chi connectivity index (χ3v) is 9.10. The van der Waals surface area contributed by atoms with E-state index in [-0.39, 0.29) is 0 Å². The summed E-state index contributed by atoms with van der Waals surface area (Å²) in [5, 5.41) is 15.4. The van der Waals surface area contributed by atoms with Crippen molar-refractivity contribution in [3.8, 4) is 28.8 Å². The van der Waals surface area contributed by atoms with Crippen LogP contribution in [-0.4, -0.2) is 19.1 Å². The van der Waals surface area contributed by atoms with Crippen molar-refractivity contribution in [1.29, 1.82) is 5.26 Å². The minimum Gasteiger partial charge on any atom is -0.307 e. The molecule has 5 nitrogen and oxygen atoms in total. The molecule has 0 atom stereocenters. The summed E-state index contributed by atoms with van der Waals surface area (Å²) in [6.45, 7) is 12.5. The number of nitriles is 1. The van der Waals surface area contributed by atoms with Gasteiger partial charge >= 0.3 is 0 Å². The predicted octanol–water partition coefficient (Wildman–Crippen LogP) is 10.1. The predicted molar refractivity (Wildman–Crippen MR) is 189 cm³/mol. The molecule has 0 aliphatic carbocycles. The molecule has 8 rings (SSSR count). The fraction of sp³-hybridized carbons (Fsp3) is 0.146. The fourth-order valence-electron chi connectivity index (χ4n) is 7.06. The van der Waals surface area contributed by atoms with E-state index in [9.17, 15) is 5.26 Å². The molecule has 3 heterocycles. The Morgan fingerprint density at radius 3 is 1.22 bits per heavy atom.